The first-order valence-electron chi connectivity index (χ1n) is 9.28. The fourth-order valence-electron chi connectivity index (χ4n) is 4.52. The minimum Gasteiger partial charge on any atom is -0.375 e. The molecule has 3 atom stereocenters. The van der Waals surface area contributed by atoms with Crippen molar-refractivity contribution in [1.82, 2.24) is 30.1 Å². The lowest BCUT2D eigenvalue weighted by Gasteiger charge is -2.25. The Morgan fingerprint density at radius 2 is 2.29 bits per heavy atom. The third-order valence-electron chi connectivity index (χ3n) is 5.75. The fraction of sp³-hybridized carbons (Fsp3) is 0.611. The molecule has 0 radical (unpaired) electrons. The first kappa shape index (κ1) is 18.6. The molecule has 1 saturated carbocycles. The van der Waals surface area contributed by atoms with Gasteiger partial charge in [-0.3, -0.25) is 14.3 Å². The second-order valence-corrected chi connectivity index (χ2v) is 7.72. The van der Waals surface area contributed by atoms with Crippen LogP contribution in [-0.4, -0.2) is 69.5 Å². The van der Waals surface area contributed by atoms with E-state index in [0.29, 0.717) is 36.8 Å². The normalized spacial score (nSPS) is 26.5. The minimum atomic E-state index is -0.447. The van der Waals surface area contributed by atoms with E-state index in [4.69, 9.17) is 9.26 Å². The van der Waals surface area contributed by atoms with Gasteiger partial charge in [0.1, 0.15) is 6.61 Å². The molecule has 1 aliphatic carbocycles. The number of nitrogens with one attached hydrogen (secondary N) is 1. The first-order chi connectivity index (χ1) is 13.4. The summed E-state index contributed by atoms with van der Waals surface area (Å²) in [5, 5.41) is 11.1. The van der Waals surface area contributed by atoms with Crippen molar-refractivity contribution in [2.75, 3.05) is 26.8 Å². The molecule has 3 heterocycles. The molecule has 1 N–H and O–H groups in total. The van der Waals surface area contributed by atoms with Crippen molar-refractivity contribution in [2.45, 2.75) is 31.2 Å². The van der Waals surface area contributed by atoms with Crippen LogP contribution in [0.15, 0.2) is 16.9 Å². The molecular weight excluding hydrogens is 364 g/mol. The quantitative estimate of drug-likeness (QED) is 0.769. The molecule has 10 heteroatoms. The van der Waals surface area contributed by atoms with E-state index in [1.54, 1.807) is 35.9 Å². The average molecular weight is 388 g/mol. The highest BCUT2D eigenvalue weighted by Gasteiger charge is 2.58. The summed E-state index contributed by atoms with van der Waals surface area (Å²) >= 11 is 0. The number of methoxy groups -OCH3 is 1. The summed E-state index contributed by atoms with van der Waals surface area (Å²) in [4.78, 5) is 31.2. The van der Waals surface area contributed by atoms with Gasteiger partial charge in [-0.25, -0.2) is 0 Å². The number of amides is 2. The maximum Gasteiger partial charge on any atom is 0.254 e. The number of aromatic nitrogens is 4. The van der Waals surface area contributed by atoms with E-state index in [-0.39, 0.29) is 30.4 Å². The van der Waals surface area contributed by atoms with Crippen LogP contribution in [-0.2, 0) is 22.0 Å². The zero-order valence-electron chi connectivity index (χ0n) is 16.2. The van der Waals surface area contributed by atoms with Crippen molar-refractivity contribution in [2.24, 2.45) is 13.0 Å². The molecule has 2 aromatic heterocycles. The van der Waals surface area contributed by atoms with E-state index >= 15 is 0 Å². The Bertz CT molecular complexity index is 892. The van der Waals surface area contributed by atoms with Gasteiger partial charge < -0.3 is 19.5 Å². The van der Waals surface area contributed by atoms with E-state index in [1.807, 2.05) is 0 Å². The third kappa shape index (κ3) is 3.17. The Balaban J connectivity index is 1.54. The van der Waals surface area contributed by atoms with Crippen molar-refractivity contribution < 1.29 is 18.8 Å². The molecule has 0 aromatic carbocycles. The van der Waals surface area contributed by atoms with Crippen LogP contribution in [0.25, 0.3) is 0 Å². The lowest BCUT2D eigenvalue weighted by atomic mass is 9.80. The van der Waals surface area contributed by atoms with Gasteiger partial charge in [-0.2, -0.15) is 10.1 Å². The monoisotopic (exact) mass is 388 g/mol. The molecule has 28 heavy (non-hydrogen) atoms. The van der Waals surface area contributed by atoms with Gasteiger partial charge in [-0.1, -0.05) is 5.16 Å². The number of rotatable bonds is 5. The summed E-state index contributed by atoms with van der Waals surface area (Å²) in [6.45, 7) is 2.90. The van der Waals surface area contributed by atoms with Gasteiger partial charge in [0.25, 0.3) is 5.91 Å². The van der Waals surface area contributed by atoms with Crippen LogP contribution in [0.3, 0.4) is 0 Å². The lowest BCUT2D eigenvalue weighted by molar-refractivity contribution is -0.134. The van der Waals surface area contributed by atoms with Crippen LogP contribution in [0.1, 0.15) is 34.9 Å². The molecule has 1 aliphatic heterocycles. The number of aryl methyl sites for hydroxylation is 2. The molecule has 0 bridgehead atoms. The summed E-state index contributed by atoms with van der Waals surface area (Å²) in [6, 6.07) is -0.0374. The van der Waals surface area contributed by atoms with E-state index in [1.165, 1.54) is 7.11 Å². The minimum absolute atomic E-state index is 0.0374. The van der Waals surface area contributed by atoms with Crippen LogP contribution in [0.5, 0.6) is 0 Å². The van der Waals surface area contributed by atoms with Gasteiger partial charge in [-0.05, 0) is 25.7 Å². The molecule has 0 spiro atoms. The highest BCUT2D eigenvalue weighted by Crippen LogP contribution is 2.50. The van der Waals surface area contributed by atoms with Gasteiger partial charge in [0.15, 0.2) is 5.82 Å². The van der Waals surface area contributed by atoms with Gasteiger partial charge in [0, 0.05) is 39.5 Å². The summed E-state index contributed by atoms with van der Waals surface area (Å²) in [7, 11) is 3.28. The van der Waals surface area contributed by atoms with E-state index < -0.39 is 5.41 Å². The molecule has 1 unspecified atom stereocenters. The number of likely N-dealkylation sites (tertiary alicyclic amines) is 1. The second-order valence-electron chi connectivity index (χ2n) is 7.72. The highest BCUT2D eigenvalue weighted by atomic mass is 16.5. The molecule has 1 saturated heterocycles. The molecule has 2 amide bonds. The Kier molecular flexibility index (Phi) is 4.66. The SMILES string of the molecule is COCC(=O)N1CC2C[C@@H](NC(=O)c3cnn(C)c3)C[C@]2(c2nc(C)no2)C1. The van der Waals surface area contributed by atoms with Crippen LogP contribution in [0.4, 0.5) is 0 Å². The summed E-state index contributed by atoms with van der Waals surface area (Å²) < 4.78 is 12.1. The summed E-state index contributed by atoms with van der Waals surface area (Å²) in [5.41, 5.74) is 0.0801. The molecule has 2 fully saturated rings. The van der Waals surface area contributed by atoms with Crippen LogP contribution in [0.2, 0.25) is 0 Å². The number of hydrogen-bond donors (Lipinski definition) is 1. The summed E-state index contributed by atoms with van der Waals surface area (Å²) in [5.74, 6) is 1.03. The first-order valence-corrected chi connectivity index (χ1v) is 9.28. The van der Waals surface area contributed by atoms with Crippen molar-refractivity contribution in [3.63, 3.8) is 0 Å². The standard InChI is InChI=1S/C18H24N6O4/c1-11-20-17(28-22-11)18-5-14(21-16(26)12-6-19-23(2)7-12)4-13(18)8-24(10-18)15(25)9-27-3/h6-7,13-14H,4-5,8-10H2,1-3H3,(H,21,26)/t13?,14-,18+/m1/s1. The molecule has 2 aliphatic rings. The molecule has 10 nitrogen and oxygen atoms in total. The van der Waals surface area contributed by atoms with Crippen molar-refractivity contribution in [3.05, 3.63) is 29.7 Å². The number of carbonyl (C=O) groups is 2. The van der Waals surface area contributed by atoms with Gasteiger partial charge in [0.05, 0.1) is 17.2 Å². The van der Waals surface area contributed by atoms with Crippen LogP contribution in [0, 0.1) is 12.8 Å². The van der Waals surface area contributed by atoms with Crippen molar-refractivity contribution in [1.29, 1.82) is 0 Å². The summed E-state index contributed by atoms with van der Waals surface area (Å²) in [6.07, 6.45) is 4.62. The number of hydrogen-bond acceptors (Lipinski definition) is 7. The van der Waals surface area contributed by atoms with E-state index in [9.17, 15) is 9.59 Å². The third-order valence-corrected chi connectivity index (χ3v) is 5.75. The Morgan fingerprint density at radius 3 is 2.93 bits per heavy atom. The number of ether oxygens (including phenoxy) is 1. The Labute approximate surface area is 162 Å². The van der Waals surface area contributed by atoms with Gasteiger partial charge in [0.2, 0.25) is 11.8 Å². The smallest absolute Gasteiger partial charge is 0.254 e. The topological polar surface area (TPSA) is 115 Å². The molecular formula is C18H24N6O4. The average Bonchev–Trinajstić information content (AvgIpc) is 3.38. The van der Waals surface area contributed by atoms with E-state index in [2.05, 4.69) is 20.6 Å². The number of carbonyl (C=O) groups excluding carboxylic acids is 2. The Hall–Kier alpha value is -2.75. The number of nitrogens with zero attached hydrogens (tertiary/aromatic N) is 5. The van der Waals surface area contributed by atoms with Crippen LogP contribution >= 0.6 is 0 Å². The highest BCUT2D eigenvalue weighted by molar-refractivity contribution is 5.93. The zero-order valence-corrected chi connectivity index (χ0v) is 16.2. The fourth-order valence-corrected chi connectivity index (χ4v) is 4.52. The zero-order chi connectivity index (χ0) is 19.9. The Morgan fingerprint density at radius 1 is 1.46 bits per heavy atom. The van der Waals surface area contributed by atoms with Gasteiger partial charge in [-0.15, -0.1) is 0 Å². The predicted molar refractivity (Wildman–Crippen MR) is 96.4 cm³/mol. The maximum atomic E-state index is 12.5. The molecule has 150 valence electrons. The van der Waals surface area contributed by atoms with Crippen molar-refractivity contribution >= 4 is 11.8 Å². The largest absolute Gasteiger partial charge is 0.375 e. The van der Waals surface area contributed by atoms with Crippen molar-refractivity contribution in [3.8, 4) is 0 Å². The van der Waals surface area contributed by atoms with Crippen LogP contribution < -0.4 is 5.32 Å². The molecule has 4 rings (SSSR count). The molecule has 2 aromatic rings. The maximum absolute atomic E-state index is 12.5. The predicted octanol–water partition coefficient (Wildman–Crippen LogP) is 0.0465. The lowest BCUT2D eigenvalue weighted by Crippen LogP contribution is -2.40. The van der Waals surface area contributed by atoms with E-state index in [0.717, 1.165) is 6.42 Å². The van der Waals surface area contributed by atoms with Gasteiger partial charge >= 0.3 is 0 Å². The number of fused-ring (bicyclic) bond motifs is 1. The second kappa shape index (κ2) is 7.01.